The largest absolute Gasteiger partial charge is 0.478 e. The molecule has 2 N–H and O–H groups in total. The number of rotatable bonds is 4. The fourth-order valence-electron chi connectivity index (χ4n) is 1.24. The van der Waals surface area contributed by atoms with Gasteiger partial charge >= 0.3 is 5.97 Å². The number of non-ortho nitro benzene ring substituents is 1. The standard InChI is InChI=1S/C9H6N4O4S/c14-8(15)6-3-5(13(16)17)1-2-7(6)18-9-10-4-11-12-9/h1-4H,(H,14,15)(H,10,11,12). The zero-order valence-corrected chi connectivity index (χ0v) is 9.55. The molecule has 0 aliphatic carbocycles. The maximum atomic E-state index is 11.0. The van der Waals surface area contributed by atoms with Crippen molar-refractivity contribution in [2.24, 2.45) is 0 Å². The van der Waals surface area contributed by atoms with E-state index in [0.717, 1.165) is 17.8 Å². The highest BCUT2D eigenvalue weighted by molar-refractivity contribution is 7.99. The summed E-state index contributed by atoms with van der Waals surface area (Å²) in [6, 6.07) is 3.63. The molecule has 1 heterocycles. The van der Waals surface area contributed by atoms with E-state index in [0.29, 0.717) is 10.1 Å². The first-order valence-electron chi connectivity index (χ1n) is 4.63. The van der Waals surface area contributed by atoms with Gasteiger partial charge in [-0.3, -0.25) is 15.2 Å². The Balaban J connectivity index is 2.40. The minimum Gasteiger partial charge on any atom is -0.478 e. The van der Waals surface area contributed by atoms with Crippen LogP contribution in [0.2, 0.25) is 0 Å². The number of nitro benzene ring substituents is 1. The molecular formula is C9H6N4O4S. The van der Waals surface area contributed by atoms with Crippen LogP contribution in [-0.2, 0) is 0 Å². The molecule has 0 unspecified atom stereocenters. The Bertz CT molecular complexity index is 599. The molecule has 2 aromatic rings. The number of benzene rings is 1. The minimum absolute atomic E-state index is 0.148. The monoisotopic (exact) mass is 266 g/mol. The van der Waals surface area contributed by atoms with Crippen molar-refractivity contribution in [3.05, 3.63) is 40.2 Å². The summed E-state index contributed by atoms with van der Waals surface area (Å²) >= 11 is 1.04. The Morgan fingerprint density at radius 2 is 2.28 bits per heavy atom. The van der Waals surface area contributed by atoms with Crippen LogP contribution in [0.5, 0.6) is 0 Å². The van der Waals surface area contributed by atoms with Gasteiger partial charge < -0.3 is 5.11 Å². The van der Waals surface area contributed by atoms with Crippen LogP contribution in [0.4, 0.5) is 5.69 Å². The van der Waals surface area contributed by atoms with Crippen molar-refractivity contribution < 1.29 is 14.8 Å². The molecule has 1 aromatic heterocycles. The first kappa shape index (κ1) is 12.0. The summed E-state index contributed by atoms with van der Waals surface area (Å²) < 4.78 is 0. The van der Waals surface area contributed by atoms with Gasteiger partial charge in [0.25, 0.3) is 5.69 Å². The van der Waals surface area contributed by atoms with E-state index < -0.39 is 10.9 Å². The van der Waals surface area contributed by atoms with Gasteiger partial charge in [0.15, 0.2) is 5.16 Å². The number of aromatic nitrogens is 3. The summed E-state index contributed by atoms with van der Waals surface area (Å²) in [5, 5.41) is 26.2. The fraction of sp³-hybridized carbons (Fsp3) is 0. The Kier molecular flexibility index (Phi) is 3.24. The number of carbonyl (C=O) groups is 1. The van der Waals surface area contributed by atoms with Gasteiger partial charge in [0.2, 0.25) is 0 Å². The second-order valence-electron chi connectivity index (χ2n) is 3.14. The van der Waals surface area contributed by atoms with E-state index >= 15 is 0 Å². The third-order valence-electron chi connectivity index (χ3n) is 2.00. The molecule has 9 heteroatoms. The molecule has 8 nitrogen and oxygen atoms in total. The highest BCUT2D eigenvalue weighted by Crippen LogP contribution is 2.30. The molecule has 0 amide bonds. The van der Waals surface area contributed by atoms with Gasteiger partial charge in [-0.1, -0.05) is 0 Å². The van der Waals surface area contributed by atoms with E-state index in [1.807, 2.05) is 0 Å². The molecule has 18 heavy (non-hydrogen) atoms. The van der Waals surface area contributed by atoms with Crippen molar-refractivity contribution in [2.45, 2.75) is 10.1 Å². The lowest BCUT2D eigenvalue weighted by atomic mass is 10.2. The molecule has 2 rings (SSSR count). The topological polar surface area (TPSA) is 122 Å². The molecule has 0 saturated heterocycles. The molecule has 0 aliphatic heterocycles. The van der Waals surface area contributed by atoms with E-state index in [1.54, 1.807) is 0 Å². The number of nitro groups is 1. The van der Waals surface area contributed by atoms with Crippen LogP contribution in [0.25, 0.3) is 0 Å². The van der Waals surface area contributed by atoms with Gasteiger partial charge in [-0.15, -0.1) is 0 Å². The number of aromatic carboxylic acids is 1. The van der Waals surface area contributed by atoms with Crippen molar-refractivity contribution in [3.63, 3.8) is 0 Å². The highest BCUT2D eigenvalue weighted by Gasteiger charge is 2.17. The quantitative estimate of drug-likeness (QED) is 0.635. The van der Waals surface area contributed by atoms with E-state index in [2.05, 4.69) is 15.2 Å². The number of nitrogens with one attached hydrogen (secondary N) is 1. The number of hydrogen-bond donors (Lipinski definition) is 2. The second kappa shape index (κ2) is 4.84. The minimum atomic E-state index is -1.24. The number of carboxylic acids is 1. The molecule has 0 spiro atoms. The first-order valence-corrected chi connectivity index (χ1v) is 5.44. The molecule has 0 bridgehead atoms. The lowest BCUT2D eigenvalue weighted by Gasteiger charge is -2.03. The SMILES string of the molecule is O=C(O)c1cc([N+](=O)[O-])ccc1Sc1ncn[nH]1. The molecule has 92 valence electrons. The molecule has 0 atom stereocenters. The van der Waals surface area contributed by atoms with Gasteiger partial charge in [0.1, 0.15) is 6.33 Å². The van der Waals surface area contributed by atoms with Gasteiger partial charge in [-0.2, -0.15) is 5.10 Å². The Hall–Kier alpha value is -2.42. The molecule has 1 aromatic carbocycles. The third kappa shape index (κ3) is 2.46. The number of carboxylic acid groups (broad SMARTS) is 1. The van der Waals surface area contributed by atoms with Crippen LogP contribution in [0.3, 0.4) is 0 Å². The van der Waals surface area contributed by atoms with Crippen LogP contribution < -0.4 is 0 Å². The third-order valence-corrected chi connectivity index (χ3v) is 2.97. The number of nitrogens with zero attached hydrogens (tertiary/aromatic N) is 3. The Labute approximate surface area is 104 Å². The fourth-order valence-corrected chi connectivity index (χ4v) is 2.03. The summed E-state index contributed by atoms with van der Waals surface area (Å²) in [4.78, 5) is 25.2. The van der Waals surface area contributed by atoms with Crippen molar-refractivity contribution >= 4 is 23.4 Å². The van der Waals surface area contributed by atoms with Crippen molar-refractivity contribution in [2.75, 3.05) is 0 Å². The Morgan fingerprint density at radius 3 is 2.83 bits per heavy atom. The summed E-state index contributed by atoms with van der Waals surface area (Å²) in [7, 11) is 0. The van der Waals surface area contributed by atoms with E-state index in [9.17, 15) is 14.9 Å². The lowest BCUT2D eigenvalue weighted by molar-refractivity contribution is -0.384. The van der Waals surface area contributed by atoms with Crippen LogP contribution in [0.1, 0.15) is 10.4 Å². The summed E-state index contributed by atoms with van der Waals surface area (Å²) in [6.45, 7) is 0. The second-order valence-corrected chi connectivity index (χ2v) is 4.17. The molecule has 0 fully saturated rings. The molecule has 0 radical (unpaired) electrons. The maximum absolute atomic E-state index is 11.0. The Morgan fingerprint density at radius 1 is 1.50 bits per heavy atom. The van der Waals surface area contributed by atoms with Crippen LogP contribution in [-0.4, -0.2) is 31.2 Å². The predicted molar refractivity (Wildman–Crippen MR) is 60.6 cm³/mol. The van der Waals surface area contributed by atoms with Gasteiger partial charge in [-0.05, 0) is 17.8 Å². The predicted octanol–water partition coefficient (Wildman–Crippen LogP) is 1.56. The van der Waals surface area contributed by atoms with Gasteiger partial charge in [0.05, 0.1) is 10.5 Å². The maximum Gasteiger partial charge on any atom is 0.337 e. The number of H-pyrrole nitrogens is 1. The molecular weight excluding hydrogens is 260 g/mol. The summed E-state index contributed by atoms with van der Waals surface area (Å²) in [6.07, 6.45) is 1.29. The van der Waals surface area contributed by atoms with Crippen LogP contribution in [0.15, 0.2) is 34.6 Å². The highest BCUT2D eigenvalue weighted by atomic mass is 32.2. The van der Waals surface area contributed by atoms with E-state index in [-0.39, 0.29) is 11.3 Å². The number of aromatic amines is 1. The van der Waals surface area contributed by atoms with Gasteiger partial charge in [-0.25, -0.2) is 9.78 Å². The summed E-state index contributed by atoms with van der Waals surface area (Å²) in [5.41, 5.74) is -0.417. The van der Waals surface area contributed by atoms with Crippen LogP contribution in [0, 0.1) is 10.1 Å². The summed E-state index contributed by atoms with van der Waals surface area (Å²) in [5.74, 6) is -1.24. The first-order chi connectivity index (χ1) is 8.58. The van der Waals surface area contributed by atoms with Crippen molar-refractivity contribution in [1.82, 2.24) is 15.2 Å². The van der Waals surface area contributed by atoms with Crippen molar-refractivity contribution in [3.8, 4) is 0 Å². The van der Waals surface area contributed by atoms with Gasteiger partial charge in [0, 0.05) is 17.0 Å². The van der Waals surface area contributed by atoms with Crippen LogP contribution >= 0.6 is 11.8 Å². The van der Waals surface area contributed by atoms with E-state index in [4.69, 9.17) is 5.11 Å². The molecule has 0 aliphatic rings. The van der Waals surface area contributed by atoms with E-state index in [1.165, 1.54) is 18.5 Å². The zero-order valence-electron chi connectivity index (χ0n) is 8.73. The zero-order chi connectivity index (χ0) is 13.1. The smallest absolute Gasteiger partial charge is 0.337 e. The normalized spacial score (nSPS) is 10.2. The average molecular weight is 266 g/mol. The molecule has 0 saturated carbocycles. The van der Waals surface area contributed by atoms with Crippen molar-refractivity contribution in [1.29, 1.82) is 0 Å². The number of hydrogen-bond acceptors (Lipinski definition) is 6. The average Bonchev–Trinajstić information content (AvgIpc) is 2.81. The lowest BCUT2D eigenvalue weighted by Crippen LogP contribution is -2.00.